The number of carbonyl (C=O) groups is 2. The van der Waals surface area contributed by atoms with E-state index in [-0.39, 0.29) is 5.91 Å². The van der Waals surface area contributed by atoms with Crippen molar-refractivity contribution in [3.8, 4) is 0 Å². The topological polar surface area (TPSA) is 93.4 Å². The maximum Gasteiger partial charge on any atom is 0.338 e. The Labute approximate surface area is 164 Å². The molecule has 0 atom stereocenters. The fourth-order valence-electron chi connectivity index (χ4n) is 3.15. The number of ether oxygens (including phenoxy) is 1. The van der Waals surface area contributed by atoms with Gasteiger partial charge >= 0.3 is 5.97 Å². The third-order valence-corrected chi connectivity index (χ3v) is 4.61. The van der Waals surface area contributed by atoms with Crippen molar-refractivity contribution in [2.24, 2.45) is 5.73 Å². The molecule has 1 amide bonds. The summed E-state index contributed by atoms with van der Waals surface area (Å²) < 4.78 is 5.02. The van der Waals surface area contributed by atoms with E-state index in [9.17, 15) is 9.59 Å². The van der Waals surface area contributed by atoms with Crippen molar-refractivity contribution < 1.29 is 14.3 Å². The molecule has 0 aromatic heterocycles. The second kappa shape index (κ2) is 7.48. The molecule has 0 saturated carbocycles. The van der Waals surface area contributed by atoms with Crippen LogP contribution < -0.4 is 16.4 Å². The van der Waals surface area contributed by atoms with Crippen molar-refractivity contribution in [2.45, 2.75) is 33.2 Å². The minimum Gasteiger partial charge on any atom is -0.462 e. The van der Waals surface area contributed by atoms with Gasteiger partial charge in [0.2, 0.25) is 0 Å². The van der Waals surface area contributed by atoms with Gasteiger partial charge in [-0.05, 0) is 57.5 Å². The van der Waals surface area contributed by atoms with Crippen LogP contribution in [0.3, 0.4) is 0 Å². The number of benzene rings is 2. The van der Waals surface area contributed by atoms with E-state index in [0.717, 1.165) is 22.5 Å². The number of esters is 1. The molecule has 0 bridgehead atoms. The third kappa shape index (κ3) is 3.92. The van der Waals surface area contributed by atoms with Crippen LogP contribution in [-0.4, -0.2) is 18.5 Å². The Bertz CT molecular complexity index is 954. The van der Waals surface area contributed by atoms with Gasteiger partial charge in [0, 0.05) is 22.5 Å². The molecule has 0 radical (unpaired) electrons. The van der Waals surface area contributed by atoms with Gasteiger partial charge in [-0.15, -0.1) is 0 Å². The number of amides is 1. The SMILES string of the molecule is CCOC(=O)c1ccc2c(c1)NC(=O)C2=C(C)Nc1ccc(C(C)(C)N)cc1. The summed E-state index contributed by atoms with van der Waals surface area (Å²) in [6.45, 7) is 7.81. The Balaban J connectivity index is 1.88. The van der Waals surface area contributed by atoms with Crippen LogP contribution in [0.4, 0.5) is 11.4 Å². The van der Waals surface area contributed by atoms with Crippen molar-refractivity contribution in [2.75, 3.05) is 17.2 Å². The van der Waals surface area contributed by atoms with E-state index >= 15 is 0 Å². The highest BCUT2D eigenvalue weighted by molar-refractivity contribution is 6.32. The monoisotopic (exact) mass is 379 g/mol. The van der Waals surface area contributed by atoms with Crippen LogP contribution in [-0.2, 0) is 15.1 Å². The van der Waals surface area contributed by atoms with Crippen molar-refractivity contribution >= 4 is 28.8 Å². The number of carbonyl (C=O) groups excluding carboxylic acids is 2. The Morgan fingerprint density at radius 2 is 1.86 bits per heavy atom. The molecule has 0 fully saturated rings. The second-order valence-corrected chi connectivity index (χ2v) is 7.36. The molecule has 3 rings (SSSR count). The summed E-state index contributed by atoms with van der Waals surface area (Å²) in [5, 5.41) is 6.10. The van der Waals surface area contributed by atoms with Gasteiger partial charge in [-0.2, -0.15) is 0 Å². The van der Waals surface area contributed by atoms with Crippen LogP contribution in [0, 0.1) is 0 Å². The quantitative estimate of drug-likeness (QED) is 0.542. The number of fused-ring (bicyclic) bond motifs is 1. The Hall–Kier alpha value is -3.12. The predicted octanol–water partition coefficient (Wildman–Crippen LogP) is 3.85. The lowest BCUT2D eigenvalue weighted by molar-refractivity contribution is -0.110. The summed E-state index contributed by atoms with van der Waals surface area (Å²) in [6, 6.07) is 12.9. The molecule has 4 N–H and O–H groups in total. The summed E-state index contributed by atoms with van der Waals surface area (Å²) in [5.41, 5.74) is 10.6. The van der Waals surface area contributed by atoms with Crippen molar-refractivity contribution in [1.82, 2.24) is 0 Å². The Morgan fingerprint density at radius 1 is 1.18 bits per heavy atom. The minimum absolute atomic E-state index is 0.208. The van der Waals surface area contributed by atoms with E-state index < -0.39 is 11.5 Å². The van der Waals surface area contributed by atoms with Gasteiger partial charge in [-0.3, -0.25) is 4.79 Å². The van der Waals surface area contributed by atoms with E-state index in [1.165, 1.54) is 0 Å². The molecule has 2 aromatic rings. The first kappa shape index (κ1) is 19.6. The van der Waals surface area contributed by atoms with Gasteiger partial charge in [0.25, 0.3) is 5.91 Å². The molecule has 6 nitrogen and oxygen atoms in total. The molecule has 6 heteroatoms. The predicted molar refractivity (Wildman–Crippen MR) is 111 cm³/mol. The largest absolute Gasteiger partial charge is 0.462 e. The lowest BCUT2D eigenvalue weighted by Crippen LogP contribution is -2.28. The number of anilines is 2. The Kier molecular flexibility index (Phi) is 5.25. The average molecular weight is 379 g/mol. The molecule has 1 aliphatic heterocycles. The highest BCUT2D eigenvalue weighted by Gasteiger charge is 2.27. The van der Waals surface area contributed by atoms with E-state index in [1.54, 1.807) is 25.1 Å². The lowest BCUT2D eigenvalue weighted by Gasteiger charge is -2.19. The molecule has 2 aromatic carbocycles. The van der Waals surface area contributed by atoms with Gasteiger partial charge in [0.05, 0.1) is 23.4 Å². The van der Waals surface area contributed by atoms with Crippen LogP contribution in [0.1, 0.15) is 49.2 Å². The normalized spacial score (nSPS) is 15.0. The molecule has 0 aliphatic carbocycles. The number of hydrogen-bond acceptors (Lipinski definition) is 5. The van der Waals surface area contributed by atoms with Gasteiger partial charge in [-0.1, -0.05) is 18.2 Å². The summed E-state index contributed by atoms with van der Waals surface area (Å²) in [7, 11) is 0. The number of rotatable bonds is 5. The summed E-state index contributed by atoms with van der Waals surface area (Å²) >= 11 is 0. The smallest absolute Gasteiger partial charge is 0.338 e. The minimum atomic E-state index is -0.410. The molecule has 0 spiro atoms. The highest BCUT2D eigenvalue weighted by atomic mass is 16.5. The molecule has 28 heavy (non-hydrogen) atoms. The zero-order valence-electron chi connectivity index (χ0n) is 16.6. The number of nitrogens with one attached hydrogen (secondary N) is 2. The molecule has 1 aliphatic rings. The first-order valence-corrected chi connectivity index (χ1v) is 9.21. The number of nitrogens with two attached hydrogens (primary N) is 1. The number of hydrogen-bond donors (Lipinski definition) is 3. The number of allylic oxidation sites excluding steroid dienone is 1. The summed E-state index contributed by atoms with van der Waals surface area (Å²) in [4.78, 5) is 24.4. The van der Waals surface area contributed by atoms with Crippen LogP contribution in [0.25, 0.3) is 5.57 Å². The summed E-state index contributed by atoms with van der Waals surface area (Å²) in [6.07, 6.45) is 0. The van der Waals surface area contributed by atoms with E-state index in [4.69, 9.17) is 10.5 Å². The third-order valence-electron chi connectivity index (χ3n) is 4.61. The maximum atomic E-state index is 12.5. The van der Waals surface area contributed by atoms with Crippen LogP contribution in [0.15, 0.2) is 48.2 Å². The van der Waals surface area contributed by atoms with Gasteiger partial charge < -0.3 is 21.1 Å². The maximum absolute atomic E-state index is 12.5. The fraction of sp³-hybridized carbons (Fsp3) is 0.273. The molecular formula is C22H25N3O3. The highest BCUT2D eigenvalue weighted by Crippen LogP contribution is 2.35. The fourth-order valence-corrected chi connectivity index (χ4v) is 3.15. The molecule has 1 heterocycles. The van der Waals surface area contributed by atoms with Gasteiger partial charge in [-0.25, -0.2) is 4.79 Å². The zero-order chi connectivity index (χ0) is 20.5. The molecule has 0 unspecified atom stereocenters. The molecule has 0 saturated heterocycles. The summed E-state index contributed by atoms with van der Waals surface area (Å²) in [5.74, 6) is -0.615. The van der Waals surface area contributed by atoms with Crippen molar-refractivity contribution in [3.63, 3.8) is 0 Å². The first-order chi connectivity index (χ1) is 13.2. The van der Waals surface area contributed by atoms with Crippen LogP contribution in [0.2, 0.25) is 0 Å². The Morgan fingerprint density at radius 3 is 2.46 bits per heavy atom. The van der Waals surface area contributed by atoms with E-state index in [2.05, 4.69) is 10.6 Å². The van der Waals surface area contributed by atoms with E-state index in [0.29, 0.717) is 23.4 Å². The molecule has 146 valence electrons. The van der Waals surface area contributed by atoms with E-state index in [1.807, 2.05) is 45.0 Å². The second-order valence-electron chi connectivity index (χ2n) is 7.36. The zero-order valence-corrected chi connectivity index (χ0v) is 16.6. The van der Waals surface area contributed by atoms with Crippen LogP contribution >= 0.6 is 0 Å². The van der Waals surface area contributed by atoms with Gasteiger partial charge in [0.1, 0.15) is 0 Å². The standard InChI is InChI=1S/C22H25N3O3/c1-5-28-21(27)14-6-11-17-18(12-14)25-20(26)19(17)13(2)24-16-9-7-15(8-10-16)22(3,4)23/h6-12,24H,5,23H2,1-4H3,(H,25,26). The lowest BCUT2D eigenvalue weighted by atomic mass is 9.95. The molecular weight excluding hydrogens is 354 g/mol. The van der Waals surface area contributed by atoms with Crippen molar-refractivity contribution in [1.29, 1.82) is 0 Å². The van der Waals surface area contributed by atoms with Gasteiger partial charge in [0.15, 0.2) is 0 Å². The van der Waals surface area contributed by atoms with Crippen molar-refractivity contribution in [3.05, 3.63) is 64.9 Å². The average Bonchev–Trinajstić information content (AvgIpc) is 2.96. The van der Waals surface area contributed by atoms with Crippen LogP contribution in [0.5, 0.6) is 0 Å². The first-order valence-electron chi connectivity index (χ1n) is 9.21.